The molecule has 2 heteroatoms. The summed E-state index contributed by atoms with van der Waals surface area (Å²) in [6, 6.07) is 104. The Morgan fingerprint density at radius 3 is 1.35 bits per heavy atom. The van der Waals surface area contributed by atoms with Crippen LogP contribution in [0.2, 0.25) is 0 Å². The van der Waals surface area contributed by atoms with Gasteiger partial charge in [0.15, 0.2) is 0 Å². The molecule has 0 fully saturated rings. The second-order valence-electron chi connectivity index (χ2n) is 20.3. The molecule has 0 saturated heterocycles. The fraction of sp³-hybridized carbons (Fsp3) is 0.0137. The van der Waals surface area contributed by atoms with E-state index in [-0.39, 0.29) is 0 Å². The van der Waals surface area contributed by atoms with Crippen LogP contribution in [0.1, 0.15) is 22.3 Å². The molecule has 0 radical (unpaired) electrons. The Morgan fingerprint density at radius 1 is 0.267 bits per heavy atom. The number of rotatable bonds is 6. The first-order chi connectivity index (χ1) is 37.2. The molecular formula is C73H46N2. The predicted molar refractivity (Wildman–Crippen MR) is 315 cm³/mol. The highest BCUT2D eigenvalue weighted by Crippen LogP contribution is 2.63. The molecule has 0 unspecified atom stereocenters. The minimum absolute atomic E-state index is 0.469. The van der Waals surface area contributed by atoms with Gasteiger partial charge in [0, 0.05) is 33.2 Å². The van der Waals surface area contributed by atoms with Crippen molar-refractivity contribution in [2.45, 2.75) is 5.41 Å². The minimum Gasteiger partial charge on any atom is -0.310 e. The second kappa shape index (κ2) is 16.1. The summed E-state index contributed by atoms with van der Waals surface area (Å²) in [5.41, 5.74) is 21.8. The van der Waals surface area contributed by atoms with E-state index in [0.717, 1.165) is 22.7 Å². The molecule has 1 heterocycles. The monoisotopic (exact) mass is 950 g/mol. The molecule has 2 aliphatic carbocycles. The summed E-state index contributed by atoms with van der Waals surface area (Å²) >= 11 is 0. The fourth-order valence-corrected chi connectivity index (χ4v) is 13.5. The van der Waals surface area contributed by atoms with E-state index in [9.17, 15) is 0 Å². The molecule has 0 aliphatic heterocycles. The van der Waals surface area contributed by atoms with Crippen molar-refractivity contribution >= 4 is 71.2 Å². The first kappa shape index (κ1) is 41.8. The van der Waals surface area contributed by atoms with Crippen LogP contribution in [0.25, 0.3) is 104 Å². The van der Waals surface area contributed by atoms with Crippen molar-refractivity contribution in [2.75, 3.05) is 4.90 Å². The van der Waals surface area contributed by atoms with Gasteiger partial charge in [0.25, 0.3) is 0 Å². The summed E-state index contributed by atoms with van der Waals surface area (Å²) < 4.78 is 2.39. The van der Waals surface area contributed by atoms with Gasteiger partial charge in [-0.2, -0.15) is 0 Å². The SMILES string of the molecule is c1ccc(-n2c3ccccc3c3c(-c4ccc(-c5ccc(N(c6ccc7c(c6)C6(c8ccccc8-c8ccccc86)c6ccccc6-7)c6cccc7c8ccccc8c8ccccc8c67)cc5)cc4)cccc32)cc1. The van der Waals surface area contributed by atoms with Gasteiger partial charge in [-0.1, -0.05) is 224 Å². The lowest BCUT2D eigenvalue weighted by Crippen LogP contribution is -2.26. The van der Waals surface area contributed by atoms with E-state index >= 15 is 0 Å². The van der Waals surface area contributed by atoms with Crippen LogP contribution in [0.4, 0.5) is 17.1 Å². The molecule has 2 nitrogen and oxygen atoms in total. The van der Waals surface area contributed by atoms with Crippen molar-refractivity contribution in [3.63, 3.8) is 0 Å². The first-order valence-electron chi connectivity index (χ1n) is 26.1. The molecule has 1 aromatic heterocycles. The normalized spacial score (nSPS) is 12.9. The van der Waals surface area contributed by atoms with Gasteiger partial charge < -0.3 is 9.47 Å². The van der Waals surface area contributed by atoms with Gasteiger partial charge in [-0.05, 0) is 148 Å². The van der Waals surface area contributed by atoms with E-state index < -0.39 is 5.41 Å². The molecule has 16 rings (SSSR count). The Labute approximate surface area is 435 Å². The zero-order valence-corrected chi connectivity index (χ0v) is 41.0. The largest absolute Gasteiger partial charge is 0.310 e. The lowest BCUT2D eigenvalue weighted by atomic mass is 9.70. The van der Waals surface area contributed by atoms with E-state index in [1.165, 1.54) is 121 Å². The van der Waals surface area contributed by atoms with Gasteiger partial charge in [-0.15, -0.1) is 0 Å². The van der Waals surface area contributed by atoms with E-state index in [4.69, 9.17) is 0 Å². The number of hydrogen-bond donors (Lipinski definition) is 0. The third-order valence-corrected chi connectivity index (χ3v) is 16.6. The number of hydrogen-bond acceptors (Lipinski definition) is 1. The highest BCUT2D eigenvalue weighted by atomic mass is 15.1. The zero-order valence-electron chi connectivity index (χ0n) is 41.0. The van der Waals surface area contributed by atoms with Crippen molar-refractivity contribution < 1.29 is 0 Å². The summed E-state index contributed by atoms with van der Waals surface area (Å²) in [6.45, 7) is 0. The summed E-state index contributed by atoms with van der Waals surface area (Å²) in [7, 11) is 0. The predicted octanol–water partition coefficient (Wildman–Crippen LogP) is 19.4. The third-order valence-electron chi connectivity index (χ3n) is 16.6. The van der Waals surface area contributed by atoms with Crippen LogP contribution in [0.5, 0.6) is 0 Å². The Bertz CT molecular complexity index is 4530. The number of para-hydroxylation sites is 2. The molecule has 0 atom stereocenters. The van der Waals surface area contributed by atoms with Gasteiger partial charge in [-0.3, -0.25) is 0 Å². The summed E-state index contributed by atoms with van der Waals surface area (Å²) in [5, 5.41) is 10.0. The van der Waals surface area contributed by atoms with Crippen LogP contribution in [0.15, 0.2) is 279 Å². The van der Waals surface area contributed by atoms with Gasteiger partial charge in [0.05, 0.1) is 22.1 Å². The van der Waals surface area contributed by atoms with E-state index in [1.807, 2.05) is 0 Å². The smallest absolute Gasteiger partial charge is 0.0726 e. The quantitative estimate of drug-likeness (QED) is 0.151. The highest BCUT2D eigenvalue weighted by molar-refractivity contribution is 6.29. The maximum absolute atomic E-state index is 2.52. The number of anilines is 3. The Morgan fingerprint density at radius 2 is 0.707 bits per heavy atom. The fourth-order valence-electron chi connectivity index (χ4n) is 13.5. The van der Waals surface area contributed by atoms with Gasteiger partial charge in [0.2, 0.25) is 0 Å². The maximum Gasteiger partial charge on any atom is 0.0726 e. The van der Waals surface area contributed by atoms with Crippen LogP contribution in [0, 0.1) is 0 Å². The van der Waals surface area contributed by atoms with Crippen molar-refractivity contribution in [1.29, 1.82) is 0 Å². The van der Waals surface area contributed by atoms with Crippen LogP contribution >= 0.6 is 0 Å². The van der Waals surface area contributed by atoms with E-state index in [1.54, 1.807) is 0 Å². The maximum atomic E-state index is 2.52. The standard InChI is InChI=1S/C73H46N2/c1-2-18-50(19-3-1)75-68-33-15-11-27-63(68)71-53(28-16-35-70(71)75)49-38-36-47(37-39-49)48-40-42-51(43-41-48)74(69-34-17-29-62-56-21-5-4-20-54(56)55-22-6-7-26-61(55)72(62)69)52-44-45-60-59-25-10-14-32-66(59)73(67(60)46-52)64-30-12-8-23-57(64)58-24-9-13-31-65(58)73/h1-46H. The van der Waals surface area contributed by atoms with Crippen LogP contribution in [-0.2, 0) is 5.41 Å². The highest BCUT2D eigenvalue weighted by Gasteiger charge is 2.51. The molecule has 13 aromatic carbocycles. The van der Waals surface area contributed by atoms with E-state index in [0.29, 0.717) is 0 Å². The molecule has 0 N–H and O–H groups in total. The average molecular weight is 951 g/mol. The van der Waals surface area contributed by atoms with Crippen molar-refractivity contribution in [1.82, 2.24) is 4.57 Å². The van der Waals surface area contributed by atoms with E-state index in [2.05, 4.69) is 289 Å². The topological polar surface area (TPSA) is 8.17 Å². The molecule has 75 heavy (non-hydrogen) atoms. The third kappa shape index (κ3) is 5.91. The number of aromatic nitrogens is 1. The second-order valence-corrected chi connectivity index (χ2v) is 20.3. The molecule has 1 spiro atoms. The first-order valence-corrected chi connectivity index (χ1v) is 26.1. The summed E-state index contributed by atoms with van der Waals surface area (Å²) in [6.07, 6.45) is 0. The van der Waals surface area contributed by atoms with Crippen LogP contribution < -0.4 is 4.90 Å². The molecule has 2 aliphatic rings. The molecule has 348 valence electrons. The van der Waals surface area contributed by atoms with Crippen molar-refractivity contribution in [3.8, 4) is 50.2 Å². The average Bonchev–Trinajstić information content (AvgIpc) is 4.28. The molecular weight excluding hydrogens is 905 g/mol. The molecule has 14 aromatic rings. The van der Waals surface area contributed by atoms with Crippen molar-refractivity contribution in [3.05, 3.63) is 301 Å². The summed E-state index contributed by atoms with van der Waals surface area (Å²) in [5.74, 6) is 0. The van der Waals surface area contributed by atoms with Crippen LogP contribution in [0.3, 0.4) is 0 Å². The number of benzene rings is 13. The van der Waals surface area contributed by atoms with Gasteiger partial charge in [0.1, 0.15) is 0 Å². The van der Waals surface area contributed by atoms with Crippen LogP contribution in [-0.4, -0.2) is 4.57 Å². The summed E-state index contributed by atoms with van der Waals surface area (Å²) in [4.78, 5) is 2.52. The van der Waals surface area contributed by atoms with Gasteiger partial charge >= 0.3 is 0 Å². The number of fused-ring (bicyclic) bond motifs is 19. The molecule has 0 saturated carbocycles. The Balaban J connectivity index is 0.871. The zero-order chi connectivity index (χ0) is 49.2. The lowest BCUT2D eigenvalue weighted by Gasteiger charge is -2.32. The Hall–Kier alpha value is -9.76. The van der Waals surface area contributed by atoms with Gasteiger partial charge in [-0.25, -0.2) is 0 Å². The lowest BCUT2D eigenvalue weighted by molar-refractivity contribution is 0.793. The van der Waals surface area contributed by atoms with Crippen molar-refractivity contribution in [2.24, 2.45) is 0 Å². The number of nitrogens with zero attached hydrogens (tertiary/aromatic N) is 2. The Kier molecular flexibility index (Phi) is 8.99. The molecule has 0 bridgehead atoms. The minimum atomic E-state index is -0.469. The molecule has 0 amide bonds.